The number of methoxy groups -OCH3 is 1. The maximum Gasteiger partial charge on any atom is 0.197 e. The van der Waals surface area contributed by atoms with Gasteiger partial charge in [-0.2, -0.15) is 0 Å². The number of hydrogen-bond acceptors (Lipinski definition) is 6. The number of aryl methyl sites for hydroxylation is 1. The van der Waals surface area contributed by atoms with E-state index in [1.807, 2.05) is 19.9 Å². The quantitative estimate of drug-likeness (QED) is 0.757. The number of rotatable bonds is 4. The van der Waals surface area contributed by atoms with E-state index in [-0.39, 0.29) is 5.75 Å². The van der Waals surface area contributed by atoms with E-state index in [0.29, 0.717) is 35.4 Å². The smallest absolute Gasteiger partial charge is 0.197 e. The molecule has 1 aliphatic rings. The molecule has 1 aromatic carbocycles. The van der Waals surface area contributed by atoms with Gasteiger partial charge in [0.15, 0.2) is 16.7 Å². The predicted octanol–water partition coefficient (Wildman–Crippen LogP) is 2.66. The van der Waals surface area contributed by atoms with Crippen molar-refractivity contribution in [2.24, 2.45) is 0 Å². The van der Waals surface area contributed by atoms with Crippen LogP contribution in [0.15, 0.2) is 23.5 Å². The molecule has 1 aliphatic heterocycles. The summed E-state index contributed by atoms with van der Waals surface area (Å²) in [5.74, 6) is 2.37. The zero-order chi connectivity index (χ0) is 18.3. The largest absolute Gasteiger partial charge is 0.496 e. The molecule has 4 rings (SSSR count). The van der Waals surface area contributed by atoms with Crippen LogP contribution in [0.3, 0.4) is 0 Å². The molecule has 0 radical (unpaired) electrons. The Morgan fingerprint density at radius 3 is 2.69 bits per heavy atom. The Morgan fingerprint density at radius 1 is 1.23 bits per heavy atom. The van der Waals surface area contributed by atoms with Crippen molar-refractivity contribution in [3.05, 3.63) is 35.2 Å². The number of nitrogens with zero attached hydrogens (tertiary/aromatic N) is 2. The average Bonchev–Trinajstić information content (AvgIpc) is 3.05. The van der Waals surface area contributed by atoms with Gasteiger partial charge in [0.1, 0.15) is 19.0 Å². The van der Waals surface area contributed by atoms with Gasteiger partial charge in [0.05, 0.1) is 40.4 Å². The third-order valence-electron chi connectivity index (χ3n) is 4.36. The second-order valence-corrected chi connectivity index (χ2v) is 7.46. The molecule has 0 saturated carbocycles. The second-order valence-electron chi connectivity index (χ2n) is 6.09. The fourth-order valence-corrected chi connectivity index (χ4v) is 4.14. The van der Waals surface area contributed by atoms with Gasteiger partial charge >= 0.3 is 0 Å². The number of imidazole rings is 1. The molecule has 1 N–H and O–H groups in total. The summed E-state index contributed by atoms with van der Waals surface area (Å²) < 4.78 is 29.4. The monoisotopic (exact) mass is 373 g/mol. The van der Waals surface area contributed by atoms with E-state index in [4.69, 9.17) is 14.2 Å². The third-order valence-corrected chi connectivity index (χ3v) is 5.52. The minimum Gasteiger partial charge on any atom is -0.496 e. The number of fused-ring (bicyclic) bond motifs is 2. The van der Waals surface area contributed by atoms with E-state index < -0.39 is 10.8 Å². The van der Waals surface area contributed by atoms with Crippen molar-refractivity contribution >= 4 is 21.8 Å². The molecule has 3 aromatic rings. The maximum absolute atomic E-state index is 12.8. The Balaban J connectivity index is 1.64. The topological polar surface area (TPSA) is 86.3 Å². The molecule has 8 heteroatoms. The van der Waals surface area contributed by atoms with Crippen molar-refractivity contribution in [1.29, 1.82) is 0 Å². The van der Waals surface area contributed by atoms with Gasteiger partial charge in [-0.05, 0) is 13.8 Å². The van der Waals surface area contributed by atoms with E-state index in [0.717, 1.165) is 28.1 Å². The lowest BCUT2D eigenvalue weighted by atomic mass is 10.1. The van der Waals surface area contributed by atoms with Crippen LogP contribution < -0.4 is 14.2 Å². The number of aromatic nitrogens is 3. The van der Waals surface area contributed by atoms with E-state index in [1.54, 1.807) is 19.4 Å². The van der Waals surface area contributed by atoms with Crippen LogP contribution in [0.2, 0.25) is 0 Å². The number of hydrogen-bond donors (Lipinski definition) is 1. The third kappa shape index (κ3) is 2.90. The van der Waals surface area contributed by atoms with E-state index >= 15 is 0 Å². The molecule has 0 aliphatic carbocycles. The summed E-state index contributed by atoms with van der Waals surface area (Å²) in [5.41, 5.74) is 4.05. The molecule has 3 heterocycles. The lowest BCUT2D eigenvalue weighted by Crippen LogP contribution is -2.15. The minimum atomic E-state index is -1.36. The van der Waals surface area contributed by atoms with Gasteiger partial charge in [-0.1, -0.05) is 0 Å². The second kappa shape index (κ2) is 6.60. The highest BCUT2D eigenvalue weighted by molar-refractivity contribution is 7.84. The van der Waals surface area contributed by atoms with Crippen LogP contribution in [0.5, 0.6) is 17.2 Å². The lowest BCUT2D eigenvalue weighted by molar-refractivity contribution is 0.172. The highest BCUT2D eigenvalue weighted by Gasteiger charge is 2.18. The summed E-state index contributed by atoms with van der Waals surface area (Å²) in [6.07, 6.45) is 1.74. The number of ether oxygens (including phenoxy) is 3. The molecule has 0 fully saturated rings. The first-order chi connectivity index (χ1) is 12.6. The SMILES string of the molecule is COc1c(C)cnc(CS(=O)c2nc3cc4c(cc3[nH]2)OCCO4)c1C. The summed E-state index contributed by atoms with van der Waals surface area (Å²) >= 11 is 0. The Kier molecular flexibility index (Phi) is 4.28. The molecular weight excluding hydrogens is 354 g/mol. The average molecular weight is 373 g/mol. The summed E-state index contributed by atoms with van der Waals surface area (Å²) in [4.78, 5) is 12.0. The normalized spacial score (nSPS) is 14.4. The van der Waals surface area contributed by atoms with Gasteiger partial charge in [-0.15, -0.1) is 0 Å². The molecule has 0 amide bonds. The van der Waals surface area contributed by atoms with Crippen molar-refractivity contribution in [3.8, 4) is 17.2 Å². The van der Waals surface area contributed by atoms with Crippen LogP contribution in [0.4, 0.5) is 0 Å². The van der Waals surface area contributed by atoms with Crippen LogP contribution in [-0.4, -0.2) is 39.5 Å². The Hall–Kier alpha value is -2.61. The van der Waals surface area contributed by atoms with Gasteiger partial charge in [-0.25, -0.2) is 4.98 Å². The Labute approximate surface area is 153 Å². The van der Waals surface area contributed by atoms with Crippen LogP contribution in [0.1, 0.15) is 16.8 Å². The van der Waals surface area contributed by atoms with E-state index in [9.17, 15) is 4.21 Å². The summed E-state index contributed by atoms with van der Waals surface area (Å²) in [6.45, 7) is 4.89. The lowest BCUT2D eigenvalue weighted by Gasteiger charge is -2.17. The van der Waals surface area contributed by atoms with Crippen molar-refractivity contribution in [2.45, 2.75) is 24.8 Å². The van der Waals surface area contributed by atoms with Gasteiger partial charge < -0.3 is 19.2 Å². The predicted molar refractivity (Wildman–Crippen MR) is 97.5 cm³/mol. The molecule has 7 nitrogen and oxygen atoms in total. The molecule has 2 aromatic heterocycles. The molecule has 1 atom stereocenters. The maximum atomic E-state index is 12.8. The molecule has 0 saturated heterocycles. The fraction of sp³-hybridized carbons (Fsp3) is 0.333. The number of H-pyrrole nitrogens is 1. The molecule has 0 spiro atoms. The fourth-order valence-electron chi connectivity index (χ4n) is 3.04. The zero-order valence-corrected chi connectivity index (χ0v) is 15.6. The number of pyridine rings is 1. The van der Waals surface area contributed by atoms with Crippen LogP contribution in [0, 0.1) is 13.8 Å². The first-order valence-corrected chi connectivity index (χ1v) is 9.55. The van der Waals surface area contributed by atoms with Crippen molar-refractivity contribution in [3.63, 3.8) is 0 Å². The molecular formula is C18H19N3O4S. The van der Waals surface area contributed by atoms with Gasteiger partial charge in [0.25, 0.3) is 0 Å². The molecule has 136 valence electrons. The van der Waals surface area contributed by atoms with Crippen molar-refractivity contribution in [2.75, 3.05) is 20.3 Å². The van der Waals surface area contributed by atoms with Gasteiger partial charge in [0.2, 0.25) is 0 Å². The van der Waals surface area contributed by atoms with Gasteiger partial charge in [0, 0.05) is 29.5 Å². The van der Waals surface area contributed by atoms with E-state index in [2.05, 4.69) is 15.0 Å². The summed E-state index contributed by atoms with van der Waals surface area (Å²) in [6, 6.07) is 3.63. The first kappa shape index (κ1) is 16.8. The first-order valence-electron chi connectivity index (χ1n) is 8.23. The minimum absolute atomic E-state index is 0.259. The molecule has 1 unspecified atom stereocenters. The van der Waals surface area contributed by atoms with Crippen molar-refractivity contribution < 1.29 is 18.4 Å². The van der Waals surface area contributed by atoms with Crippen LogP contribution in [0.25, 0.3) is 11.0 Å². The molecule has 0 bridgehead atoms. The number of aromatic amines is 1. The number of nitrogens with one attached hydrogen (secondary N) is 1. The number of benzene rings is 1. The zero-order valence-electron chi connectivity index (χ0n) is 14.8. The highest BCUT2D eigenvalue weighted by Crippen LogP contribution is 2.34. The van der Waals surface area contributed by atoms with Crippen LogP contribution >= 0.6 is 0 Å². The van der Waals surface area contributed by atoms with Crippen molar-refractivity contribution in [1.82, 2.24) is 15.0 Å². The summed E-state index contributed by atoms with van der Waals surface area (Å²) in [7, 11) is 0.264. The Bertz CT molecular complexity index is 972. The Morgan fingerprint density at radius 2 is 1.96 bits per heavy atom. The van der Waals surface area contributed by atoms with Crippen LogP contribution in [-0.2, 0) is 16.6 Å². The van der Waals surface area contributed by atoms with Gasteiger partial charge in [-0.3, -0.25) is 9.19 Å². The highest BCUT2D eigenvalue weighted by atomic mass is 32.2. The van der Waals surface area contributed by atoms with E-state index in [1.165, 1.54) is 0 Å². The summed E-state index contributed by atoms with van der Waals surface area (Å²) in [5, 5.41) is 0.406. The standard InChI is InChI=1S/C18H19N3O4S/c1-10-8-19-14(11(2)17(10)23-3)9-26(22)18-20-12-6-15-16(7-13(12)21-18)25-5-4-24-15/h6-8H,4-5,9H2,1-3H3,(H,20,21). The molecule has 26 heavy (non-hydrogen) atoms.